The fraction of sp³-hybridized carbons (Fsp3) is 0.611. The van der Waals surface area contributed by atoms with Crippen molar-refractivity contribution < 1.29 is 9.47 Å². The Labute approximate surface area is 146 Å². The monoisotopic (exact) mass is 336 g/mol. The van der Waals surface area contributed by atoms with Gasteiger partial charge in [-0.25, -0.2) is 0 Å². The van der Waals surface area contributed by atoms with E-state index in [2.05, 4.69) is 34.5 Å². The lowest BCUT2D eigenvalue weighted by atomic mass is 10.2. The highest BCUT2D eigenvalue weighted by molar-refractivity contribution is 5.93. The third-order valence-electron chi connectivity index (χ3n) is 3.63. The Morgan fingerprint density at radius 2 is 2.00 bits per heavy atom. The molecule has 1 aromatic rings. The minimum absolute atomic E-state index is 0.594. The van der Waals surface area contributed by atoms with Crippen LogP contribution in [0.5, 0.6) is 11.5 Å². The van der Waals surface area contributed by atoms with E-state index in [0.29, 0.717) is 6.61 Å². The highest BCUT2D eigenvalue weighted by Gasteiger charge is 2.07. The van der Waals surface area contributed by atoms with Crippen LogP contribution in [-0.2, 0) is 0 Å². The molecular formula is C18H32N4O2. The Kier molecular flexibility index (Phi) is 9.68. The molecule has 0 amide bonds. The van der Waals surface area contributed by atoms with E-state index < -0.39 is 0 Å². The molecule has 0 radical (unpaired) electrons. The number of nitrogens with one attached hydrogen (secondary N) is 2. The van der Waals surface area contributed by atoms with Gasteiger partial charge in [0, 0.05) is 31.9 Å². The zero-order valence-electron chi connectivity index (χ0n) is 15.7. The SMILES string of the molecule is CCCCN(C)CCNC(=NC)Nc1ccc(OC)c(OCC)c1. The van der Waals surface area contributed by atoms with Crippen LogP contribution < -0.4 is 20.1 Å². The number of aliphatic imine (C=N–C) groups is 1. The molecule has 2 N–H and O–H groups in total. The largest absolute Gasteiger partial charge is 0.493 e. The summed E-state index contributed by atoms with van der Waals surface area (Å²) >= 11 is 0. The zero-order chi connectivity index (χ0) is 17.8. The first kappa shape index (κ1) is 20.1. The molecule has 136 valence electrons. The van der Waals surface area contributed by atoms with Gasteiger partial charge in [0.15, 0.2) is 17.5 Å². The molecule has 0 aromatic heterocycles. The Morgan fingerprint density at radius 3 is 2.62 bits per heavy atom. The number of benzene rings is 1. The van der Waals surface area contributed by atoms with Crippen molar-refractivity contribution in [3.05, 3.63) is 18.2 Å². The van der Waals surface area contributed by atoms with E-state index in [1.807, 2.05) is 25.1 Å². The molecule has 24 heavy (non-hydrogen) atoms. The van der Waals surface area contributed by atoms with E-state index in [1.165, 1.54) is 12.8 Å². The van der Waals surface area contributed by atoms with E-state index >= 15 is 0 Å². The van der Waals surface area contributed by atoms with Gasteiger partial charge in [0.1, 0.15) is 0 Å². The van der Waals surface area contributed by atoms with E-state index in [9.17, 15) is 0 Å². The van der Waals surface area contributed by atoms with Gasteiger partial charge in [0.05, 0.1) is 13.7 Å². The van der Waals surface area contributed by atoms with E-state index in [4.69, 9.17) is 9.47 Å². The number of hydrogen-bond donors (Lipinski definition) is 2. The fourth-order valence-electron chi connectivity index (χ4n) is 2.24. The molecule has 0 aliphatic carbocycles. The number of unbranched alkanes of at least 4 members (excludes halogenated alkanes) is 1. The molecule has 0 fully saturated rings. The predicted molar refractivity (Wildman–Crippen MR) is 102 cm³/mol. The highest BCUT2D eigenvalue weighted by atomic mass is 16.5. The second-order valence-electron chi connectivity index (χ2n) is 5.58. The Morgan fingerprint density at radius 1 is 1.21 bits per heavy atom. The number of hydrogen-bond acceptors (Lipinski definition) is 4. The minimum Gasteiger partial charge on any atom is -0.493 e. The number of nitrogens with zero attached hydrogens (tertiary/aromatic N) is 2. The third kappa shape index (κ3) is 7.08. The standard InChI is InChI=1S/C18H32N4O2/c1-6-8-12-22(4)13-11-20-18(19-3)21-15-9-10-16(23-5)17(14-15)24-7-2/h9-10,14H,6-8,11-13H2,1-5H3,(H2,19,20,21). The first-order valence-electron chi connectivity index (χ1n) is 8.61. The summed E-state index contributed by atoms with van der Waals surface area (Å²) in [7, 11) is 5.55. The van der Waals surface area contributed by atoms with Crippen LogP contribution in [0.4, 0.5) is 5.69 Å². The summed E-state index contributed by atoms with van der Waals surface area (Å²) < 4.78 is 10.9. The molecule has 0 saturated carbocycles. The van der Waals surface area contributed by atoms with Gasteiger partial charge >= 0.3 is 0 Å². The Bertz CT molecular complexity index is 506. The second-order valence-corrected chi connectivity index (χ2v) is 5.58. The molecule has 6 heteroatoms. The van der Waals surface area contributed by atoms with Crippen molar-refractivity contribution in [3.8, 4) is 11.5 Å². The average molecular weight is 336 g/mol. The number of methoxy groups -OCH3 is 1. The maximum atomic E-state index is 5.60. The molecule has 6 nitrogen and oxygen atoms in total. The van der Waals surface area contributed by atoms with Gasteiger partial charge in [-0.1, -0.05) is 13.3 Å². The van der Waals surface area contributed by atoms with Crippen LogP contribution in [0.3, 0.4) is 0 Å². The van der Waals surface area contributed by atoms with Gasteiger partial charge in [0.25, 0.3) is 0 Å². The molecule has 0 spiro atoms. The fourth-order valence-corrected chi connectivity index (χ4v) is 2.24. The van der Waals surface area contributed by atoms with E-state index in [-0.39, 0.29) is 0 Å². The molecule has 0 heterocycles. The van der Waals surface area contributed by atoms with Crippen LogP contribution in [0.25, 0.3) is 0 Å². The molecule has 0 aliphatic rings. The summed E-state index contributed by atoms with van der Waals surface area (Å²) in [4.78, 5) is 6.59. The maximum absolute atomic E-state index is 5.60. The minimum atomic E-state index is 0.594. The molecular weight excluding hydrogens is 304 g/mol. The van der Waals surface area contributed by atoms with Crippen LogP contribution >= 0.6 is 0 Å². The number of ether oxygens (including phenoxy) is 2. The van der Waals surface area contributed by atoms with Crippen molar-refractivity contribution in [2.75, 3.05) is 52.8 Å². The maximum Gasteiger partial charge on any atom is 0.195 e. The second kappa shape index (κ2) is 11.6. The van der Waals surface area contributed by atoms with Crippen LogP contribution in [-0.4, -0.2) is 58.3 Å². The van der Waals surface area contributed by atoms with Gasteiger partial charge in [-0.15, -0.1) is 0 Å². The molecule has 0 bridgehead atoms. The van der Waals surface area contributed by atoms with Crippen molar-refractivity contribution >= 4 is 11.6 Å². The third-order valence-corrected chi connectivity index (χ3v) is 3.63. The van der Waals surface area contributed by atoms with Gasteiger partial charge in [-0.05, 0) is 39.1 Å². The van der Waals surface area contributed by atoms with Crippen LogP contribution in [0.2, 0.25) is 0 Å². The molecule has 1 aromatic carbocycles. The summed E-state index contributed by atoms with van der Waals surface area (Å²) in [5.41, 5.74) is 0.909. The van der Waals surface area contributed by atoms with E-state index in [0.717, 1.165) is 42.8 Å². The zero-order valence-corrected chi connectivity index (χ0v) is 15.7. The summed E-state index contributed by atoms with van der Waals surface area (Å²) in [6.07, 6.45) is 2.45. The summed E-state index contributed by atoms with van der Waals surface area (Å²) in [6, 6.07) is 5.75. The lowest BCUT2D eigenvalue weighted by Crippen LogP contribution is -2.37. The molecule has 0 unspecified atom stereocenters. The number of rotatable bonds is 10. The Balaban J connectivity index is 2.54. The van der Waals surface area contributed by atoms with Gasteiger partial charge in [-0.3, -0.25) is 4.99 Å². The Hall–Kier alpha value is -1.95. The van der Waals surface area contributed by atoms with Crippen molar-refractivity contribution in [1.29, 1.82) is 0 Å². The van der Waals surface area contributed by atoms with Crippen LogP contribution in [0, 0.1) is 0 Å². The van der Waals surface area contributed by atoms with E-state index in [1.54, 1.807) is 14.2 Å². The van der Waals surface area contributed by atoms with Gasteiger partial charge < -0.3 is 25.0 Å². The average Bonchev–Trinajstić information content (AvgIpc) is 2.59. The molecule has 0 atom stereocenters. The lowest BCUT2D eigenvalue weighted by Gasteiger charge is -2.18. The van der Waals surface area contributed by atoms with Crippen molar-refractivity contribution in [3.63, 3.8) is 0 Å². The predicted octanol–water partition coefficient (Wildman–Crippen LogP) is 2.81. The number of likely N-dealkylation sites (N-methyl/N-ethyl adjacent to an activating group) is 1. The first-order valence-corrected chi connectivity index (χ1v) is 8.61. The van der Waals surface area contributed by atoms with Crippen molar-refractivity contribution in [2.24, 2.45) is 4.99 Å². The number of guanidine groups is 1. The van der Waals surface area contributed by atoms with Gasteiger partial charge in [0.2, 0.25) is 0 Å². The summed E-state index contributed by atoms with van der Waals surface area (Å²) in [5.74, 6) is 2.19. The summed E-state index contributed by atoms with van der Waals surface area (Å²) in [5, 5.41) is 6.61. The summed E-state index contributed by atoms with van der Waals surface area (Å²) in [6.45, 7) is 7.71. The highest BCUT2D eigenvalue weighted by Crippen LogP contribution is 2.30. The smallest absolute Gasteiger partial charge is 0.195 e. The normalized spacial score (nSPS) is 11.5. The quantitative estimate of drug-likeness (QED) is 0.508. The van der Waals surface area contributed by atoms with Crippen LogP contribution in [0.1, 0.15) is 26.7 Å². The molecule has 0 aliphatic heterocycles. The first-order chi connectivity index (χ1) is 11.6. The molecule has 1 rings (SSSR count). The van der Waals surface area contributed by atoms with Crippen LogP contribution in [0.15, 0.2) is 23.2 Å². The lowest BCUT2D eigenvalue weighted by molar-refractivity contribution is 0.311. The van der Waals surface area contributed by atoms with Crippen molar-refractivity contribution in [2.45, 2.75) is 26.7 Å². The van der Waals surface area contributed by atoms with Crippen molar-refractivity contribution in [1.82, 2.24) is 10.2 Å². The van der Waals surface area contributed by atoms with Gasteiger partial charge in [-0.2, -0.15) is 0 Å². The topological polar surface area (TPSA) is 58.1 Å². The molecule has 0 saturated heterocycles. The number of anilines is 1.